The van der Waals surface area contributed by atoms with Gasteiger partial charge in [-0.2, -0.15) is 5.01 Å². The Kier molecular flexibility index (Phi) is 3.79. The molecule has 0 bridgehead atoms. The Hall–Kier alpha value is -2.87. The second-order valence-corrected chi connectivity index (χ2v) is 4.56. The molecule has 0 aliphatic heterocycles. The molecule has 1 aromatic carbocycles. The zero-order valence-corrected chi connectivity index (χ0v) is 11.6. The van der Waals surface area contributed by atoms with Crippen LogP contribution < -0.4 is 10.4 Å². The van der Waals surface area contributed by atoms with Crippen molar-refractivity contribution in [3.63, 3.8) is 0 Å². The van der Waals surface area contributed by atoms with E-state index in [0.717, 1.165) is 11.5 Å². The SMILES string of the molecule is O=C(c1ccccc1)N(Nc1ncccn1)c1csnn1. The van der Waals surface area contributed by atoms with Crippen LogP contribution in [0.25, 0.3) is 0 Å². The number of amides is 1. The van der Waals surface area contributed by atoms with Crippen molar-refractivity contribution >= 4 is 29.2 Å². The van der Waals surface area contributed by atoms with E-state index in [-0.39, 0.29) is 5.91 Å². The highest BCUT2D eigenvalue weighted by molar-refractivity contribution is 7.03. The van der Waals surface area contributed by atoms with E-state index in [2.05, 4.69) is 25.0 Å². The Morgan fingerprint density at radius 2 is 1.86 bits per heavy atom. The molecule has 1 amide bonds. The van der Waals surface area contributed by atoms with Crippen molar-refractivity contribution in [1.82, 2.24) is 19.6 Å². The van der Waals surface area contributed by atoms with Crippen LogP contribution in [0.5, 0.6) is 0 Å². The van der Waals surface area contributed by atoms with Gasteiger partial charge in [-0.05, 0) is 29.7 Å². The number of carbonyl (C=O) groups excluding carboxylic acids is 1. The summed E-state index contributed by atoms with van der Waals surface area (Å²) in [5, 5.41) is 6.85. The maximum Gasteiger partial charge on any atom is 0.278 e. The number of nitrogens with zero attached hydrogens (tertiary/aromatic N) is 5. The first kappa shape index (κ1) is 13.1. The van der Waals surface area contributed by atoms with Gasteiger partial charge < -0.3 is 0 Å². The summed E-state index contributed by atoms with van der Waals surface area (Å²) in [6, 6.07) is 10.6. The third-order valence-corrected chi connectivity index (χ3v) is 3.07. The predicted octanol–water partition coefficient (Wildman–Crippen LogP) is 2.00. The summed E-state index contributed by atoms with van der Waals surface area (Å²) in [7, 11) is 0. The Balaban J connectivity index is 1.92. The molecule has 8 heteroatoms. The van der Waals surface area contributed by atoms with E-state index in [4.69, 9.17) is 0 Å². The molecule has 2 heterocycles. The molecule has 104 valence electrons. The molecule has 0 radical (unpaired) electrons. The molecule has 0 saturated heterocycles. The maximum atomic E-state index is 12.6. The van der Waals surface area contributed by atoms with Crippen LogP contribution in [0.3, 0.4) is 0 Å². The highest BCUT2D eigenvalue weighted by Crippen LogP contribution is 2.16. The van der Waals surface area contributed by atoms with Gasteiger partial charge in [0.1, 0.15) is 0 Å². The van der Waals surface area contributed by atoms with Crippen LogP contribution in [0.15, 0.2) is 54.2 Å². The minimum Gasteiger partial charge on any atom is -0.267 e. The van der Waals surface area contributed by atoms with Crippen molar-refractivity contribution in [2.24, 2.45) is 0 Å². The summed E-state index contributed by atoms with van der Waals surface area (Å²) in [4.78, 5) is 20.7. The van der Waals surface area contributed by atoms with Gasteiger partial charge in [0.15, 0.2) is 5.82 Å². The van der Waals surface area contributed by atoms with Gasteiger partial charge in [-0.25, -0.2) is 9.97 Å². The number of hydrogen-bond acceptors (Lipinski definition) is 7. The fraction of sp³-hybridized carbons (Fsp3) is 0. The molecule has 0 saturated carbocycles. The third-order valence-electron chi connectivity index (χ3n) is 2.58. The third kappa shape index (κ3) is 3.00. The highest BCUT2D eigenvalue weighted by Gasteiger charge is 2.20. The fourth-order valence-corrected chi connectivity index (χ4v) is 2.06. The summed E-state index contributed by atoms with van der Waals surface area (Å²) < 4.78 is 3.78. The lowest BCUT2D eigenvalue weighted by Gasteiger charge is -2.20. The van der Waals surface area contributed by atoms with E-state index in [1.54, 1.807) is 48.1 Å². The van der Waals surface area contributed by atoms with Crippen molar-refractivity contribution in [2.45, 2.75) is 0 Å². The highest BCUT2D eigenvalue weighted by atomic mass is 32.1. The van der Waals surface area contributed by atoms with Gasteiger partial charge in [-0.15, -0.1) is 5.10 Å². The summed E-state index contributed by atoms with van der Waals surface area (Å²) in [6.45, 7) is 0. The minimum absolute atomic E-state index is 0.268. The maximum absolute atomic E-state index is 12.6. The van der Waals surface area contributed by atoms with Crippen molar-refractivity contribution in [3.8, 4) is 0 Å². The van der Waals surface area contributed by atoms with Gasteiger partial charge in [-0.3, -0.25) is 10.2 Å². The Morgan fingerprint density at radius 1 is 1.10 bits per heavy atom. The van der Waals surface area contributed by atoms with Gasteiger partial charge in [-0.1, -0.05) is 22.7 Å². The first-order valence-electron chi connectivity index (χ1n) is 6.05. The van der Waals surface area contributed by atoms with E-state index in [1.165, 1.54) is 5.01 Å². The van der Waals surface area contributed by atoms with E-state index in [0.29, 0.717) is 17.3 Å². The lowest BCUT2D eigenvalue weighted by atomic mass is 10.2. The van der Waals surface area contributed by atoms with E-state index < -0.39 is 0 Å². The number of benzene rings is 1. The molecule has 0 spiro atoms. The van der Waals surface area contributed by atoms with Crippen molar-refractivity contribution in [2.75, 3.05) is 10.4 Å². The van der Waals surface area contributed by atoms with E-state index in [9.17, 15) is 4.79 Å². The Labute approximate surface area is 124 Å². The second-order valence-electron chi connectivity index (χ2n) is 3.95. The molecular weight excluding hydrogens is 288 g/mol. The normalized spacial score (nSPS) is 10.1. The van der Waals surface area contributed by atoms with Crippen LogP contribution in [0.4, 0.5) is 11.8 Å². The van der Waals surface area contributed by atoms with E-state index in [1.807, 2.05) is 6.07 Å². The number of nitrogens with one attached hydrogen (secondary N) is 1. The Bertz CT molecular complexity index is 704. The number of carbonyl (C=O) groups is 1. The smallest absolute Gasteiger partial charge is 0.267 e. The zero-order valence-electron chi connectivity index (χ0n) is 10.7. The number of anilines is 2. The number of rotatable bonds is 4. The largest absolute Gasteiger partial charge is 0.278 e. The molecule has 1 N–H and O–H groups in total. The zero-order chi connectivity index (χ0) is 14.5. The van der Waals surface area contributed by atoms with Crippen LogP contribution in [0, 0.1) is 0 Å². The van der Waals surface area contributed by atoms with Gasteiger partial charge >= 0.3 is 0 Å². The van der Waals surface area contributed by atoms with Gasteiger partial charge in [0.25, 0.3) is 5.91 Å². The molecule has 2 aromatic heterocycles. The first-order valence-corrected chi connectivity index (χ1v) is 6.88. The monoisotopic (exact) mass is 298 g/mol. The first-order chi connectivity index (χ1) is 10.3. The average molecular weight is 298 g/mol. The van der Waals surface area contributed by atoms with Crippen LogP contribution in [0.2, 0.25) is 0 Å². The molecule has 0 fully saturated rings. The van der Waals surface area contributed by atoms with Crippen LogP contribution >= 0.6 is 11.5 Å². The molecule has 0 atom stereocenters. The van der Waals surface area contributed by atoms with Gasteiger partial charge in [0.2, 0.25) is 5.95 Å². The van der Waals surface area contributed by atoms with Gasteiger partial charge in [0.05, 0.1) is 5.38 Å². The topological polar surface area (TPSA) is 83.9 Å². The van der Waals surface area contributed by atoms with Crippen LogP contribution in [-0.4, -0.2) is 25.5 Å². The fourth-order valence-electron chi connectivity index (χ4n) is 1.64. The molecule has 21 heavy (non-hydrogen) atoms. The minimum atomic E-state index is -0.268. The molecule has 0 aliphatic rings. The molecular formula is C13H10N6OS. The van der Waals surface area contributed by atoms with Crippen LogP contribution in [-0.2, 0) is 0 Å². The molecule has 0 unspecified atom stereocenters. The summed E-state index contributed by atoms with van der Waals surface area (Å²) in [5.74, 6) is 0.423. The van der Waals surface area contributed by atoms with Crippen LogP contribution in [0.1, 0.15) is 10.4 Å². The predicted molar refractivity (Wildman–Crippen MR) is 78.8 cm³/mol. The number of hydrazine groups is 1. The average Bonchev–Trinajstić information content (AvgIpc) is 3.08. The van der Waals surface area contributed by atoms with Crippen molar-refractivity contribution in [1.29, 1.82) is 0 Å². The number of aromatic nitrogens is 4. The van der Waals surface area contributed by atoms with E-state index >= 15 is 0 Å². The molecule has 7 nitrogen and oxygen atoms in total. The van der Waals surface area contributed by atoms with Crippen molar-refractivity contribution in [3.05, 3.63) is 59.7 Å². The van der Waals surface area contributed by atoms with Crippen molar-refractivity contribution < 1.29 is 4.79 Å². The number of hydrogen-bond donors (Lipinski definition) is 1. The summed E-state index contributed by atoms with van der Waals surface area (Å²) >= 11 is 1.16. The molecule has 0 aliphatic carbocycles. The molecule has 3 aromatic rings. The summed E-state index contributed by atoms with van der Waals surface area (Å²) in [5.41, 5.74) is 3.37. The lowest BCUT2D eigenvalue weighted by molar-refractivity contribution is 0.0991. The van der Waals surface area contributed by atoms with Gasteiger partial charge in [0, 0.05) is 18.0 Å². The second kappa shape index (κ2) is 6.06. The summed E-state index contributed by atoms with van der Waals surface area (Å²) in [6.07, 6.45) is 3.17. The molecule has 3 rings (SSSR count). The lowest BCUT2D eigenvalue weighted by Crippen LogP contribution is -2.37. The quantitative estimate of drug-likeness (QED) is 0.742. The standard InChI is InChI=1S/C13H10N6OS/c20-12(10-5-2-1-3-6-10)19(11-9-21-18-16-11)17-13-14-7-4-8-15-13/h1-9H,(H,14,15,17). The Morgan fingerprint density at radius 3 is 2.52 bits per heavy atom.